The monoisotopic (exact) mass is 321 g/mol. The smallest absolute Gasteiger partial charge is 0.339 e. The molecule has 122 valence electrons. The Morgan fingerprint density at radius 1 is 1.21 bits per heavy atom. The number of cyclic esters (lactones) is 1. The molecule has 0 bridgehead atoms. The Labute approximate surface area is 141 Å². The fourth-order valence-corrected chi connectivity index (χ4v) is 2.98. The molecule has 0 saturated heterocycles. The van der Waals surface area contributed by atoms with Crippen LogP contribution in [0.15, 0.2) is 67.3 Å². The number of amides is 1. The van der Waals surface area contributed by atoms with Crippen molar-refractivity contribution in [3.05, 3.63) is 78.4 Å². The third-order valence-electron chi connectivity index (χ3n) is 4.16. The van der Waals surface area contributed by atoms with Gasteiger partial charge in [0.1, 0.15) is 0 Å². The quantitative estimate of drug-likeness (QED) is 0.641. The molecular weight excluding hydrogens is 302 g/mol. The number of anilines is 1. The van der Waals surface area contributed by atoms with E-state index in [4.69, 9.17) is 4.74 Å². The number of ether oxygens (including phenoxy) is 1. The lowest BCUT2D eigenvalue weighted by molar-refractivity contribution is -0.136. The van der Waals surface area contributed by atoms with Gasteiger partial charge in [0.2, 0.25) is 0 Å². The molecule has 1 unspecified atom stereocenters. The van der Waals surface area contributed by atoms with E-state index in [1.54, 1.807) is 30.0 Å². The number of hydrogen-bond donors (Lipinski definition) is 0. The number of rotatable bonds is 4. The maximum absolute atomic E-state index is 13.2. The molecular formula is C20H19NO3. The van der Waals surface area contributed by atoms with Crippen molar-refractivity contribution in [1.29, 1.82) is 0 Å². The maximum Gasteiger partial charge on any atom is 0.339 e. The van der Waals surface area contributed by atoms with Crippen LogP contribution in [0.3, 0.4) is 0 Å². The number of carbonyl (C=O) groups excluding carboxylic acids is 2. The first kappa shape index (κ1) is 16.0. The second kappa shape index (κ2) is 6.32. The molecule has 0 saturated carbocycles. The van der Waals surface area contributed by atoms with Gasteiger partial charge in [0.05, 0.1) is 5.56 Å². The first-order chi connectivity index (χ1) is 11.5. The summed E-state index contributed by atoms with van der Waals surface area (Å²) < 4.78 is 5.55. The topological polar surface area (TPSA) is 46.6 Å². The third-order valence-corrected chi connectivity index (χ3v) is 4.16. The van der Waals surface area contributed by atoms with Crippen LogP contribution in [0.25, 0.3) is 0 Å². The van der Waals surface area contributed by atoms with Crippen molar-refractivity contribution in [3.63, 3.8) is 0 Å². The molecule has 2 aromatic rings. The molecule has 0 N–H and O–H groups in total. The number of hydrogen-bond acceptors (Lipinski definition) is 3. The number of esters is 1. The Morgan fingerprint density at radius 2 is 1.88 bits per heavy atom. The van der Waals surface area contributed by atoms with E-state index in [1.165, 1.54) is 0 Å². The van der Waals surface area contributed by atoms with E-state index in [9.17, 15) is 9.59 Å². The van der Waals surface area contributed by atoms with Gasteiger partial charge in [-0.05, 0) is 30.7 Å². The molecule has 0 aliphatic carbocycles. The highest BCUT2D eigenvalue weighted by atomic mass is 16.6. The average molecular weight is 321 g/mol. The van der Waals surface area contributed by atoms with Crippen LogP contribution >= 0.6 is 0 Å². The summed E-state index contributed by atoms with van der Waals surface area (Å²) in [5.41, 5.74) is 0.872. The minimum absolute atomic E-state index is 0.253. The molecule has 0 aromatic heterocycles. The van der Waals surface area contributed by atoms with E-state index in [1.807, 2.05) is 42.5 Å². The van der Waals surface area contributed by atoms with Crippen LogP contribution in [0.2, 0.25) is 0 Å². The first-order valence-corrected chi connectivity index (χ1v) is 7.84. The third kappa shape index (κ3) is 2.83. The second-order valence-electron chi connectivity index (χ2n) is 5.99. The molecule has 4 heteroatoms. The fraction of sp³-hybridized carbons (Fsp3) is 0.200. The van der Waals surface area contributed by atoms with Gasteiger partial charge in [-0.1, -0.05) is 42.5 Å². The minimum atomic E-state index is -1.23. The summed E-state index contributed by atoms with van der Waals surface area (Å²) in [5, 5.41) is 0. The highest BCUT2D eigenvalue weighted by molar-refractivity contribution is 6.04. The molecule has 1 aliphatic heterocycles. The zero-order valence-electron chi connectivity index (χ0n) is 13.6. The van der Waals surface area contributed by atoms with Gasteiger partial charge in [0, 0.05) is 18.7 Å². The fourth-order valence-electron chi connectivity index (χ4n) is 2.98. The van der Waals surface area contributed by atoms with E-state index < -0.39 is 11.6 Å². The van der Waals surface area contributed by atoms with Gasteiger partial charge in [0.25, 0.3) is 5.91 Å². The van der Waals surface area contributed by atoms with Crippen LogP contribution in [-0.2, 0) is 16.0 Å². The lowest BCUT2D eigenvalue weighted by atomic mass is 9.88. The first-order valence-electron chi connectivity index (χ1n) is 7.84. The molecule has 1 aliphatic rings. The summed E-state index contributed by atoms with van der Waals surface area (Å²) in [6.45, 7) is 5.74. The lowest BCUT2D eigenvalue weighted by Gasteiger charge is -2.37. The highest BCUT2D eigenvalue weighted by Gasteiger charge is 2.44. The van der Waals surface area contributed by atoms with Crippen molar-refractivity contribution in [2.45, 2.75) is 18.9 Å². The van der Waals surface area contributed by atoms with Gasteiger partial charge in [0.15, 0.2) is 5.60 Å². The molecule has 2 aromatic carbocycles. The number of carbonyl (C=O) groups is 2. The van der Waals surface area contributed by atoms with E-state index in [2.05, 4.69) is 6.58 Å². The number of para-hydroxylation sites is 1. The van der Waals surface area contributed by atoms with Crippen LogP contribution in [0, 0.1) is 0 Å². The number of nitrogens with zero attached hydrogens (tertiary/aromatic N) is 1. The molecule has 0 spiro atoms. The molecule has 1 amide bonds. The van der Waals surface area contributed by atoms with E-state index in [-0.39, 0.29) is 5.91 Å². The van der Waals surface area contributed by atoms with Crippen LogP contribution in [0.1, 0.15) is 22.8 Å². The van der Waals surface area contributed by atoms with Gasteiger partial charge < -0.3 is 9.64 Å². The van der Waals surface area contributed by atoms with Crippen LogP contribution in [-0.4, -0.2) is 24.0 Å². The Balaban J connectivity index is 1.96. The summed E-state index contributed by atoms with van der Waals surface area (Å²) in [6, 6.07) is 16.6. The Morgan fingerprint density at radius 3 is 2.58 bits per heavy atom. The van der Waals surface area contributed by atoms with E-state index >= 15 is 0 Å². The Kier molecular flexibility index (Phi) is 4.21. The van der Waals surface area contributed by atoms with Gasteiger partial charge in [-0.3, -0.25) is 4.79 Å². The predicted octanol–water partition coefficient (Wildman–Crippen LogP) is 3.38. The van der Waals surface area contributed by atoms with Crippen LogP contribution < -0.4 is 4.90 Å². The molecule has 0 fully saturated rings. The molecule has 3 rings (SSSR count). The molecule has 1 atom stereocenters. The Bertz CT molecular complexity index is 784. The summed E-state index contributed by atoms with van der Waals surface area (Å²) in [6.07, 6.45) is 2.01. The van der Waals surface area contributed by atoms with Gasteiger partial charge in [-0.25, -0.2) is 4.79 Å². The maximum atomic E-state index is 13.2. The van der Waals surface area contributed by atoms with Crippen molar-refractivity contribution in [2.75, 3.05) is 11.4 Å². The zero-order valence-corrected chi connectivity index (χ0v) is 13.6. The van der Waals surface area contributed by atoms with Crippen molar-refractivity contribution < 1.29 is 14.3 Å². The van der Waals surface area contributed by atoms with E-state index in [0.29, 0.717) is 18.5 Å². The summed E-state index contributed by atoms with van der Waals surface area (Å²) in [7, 11) is 0. The van der Waals surface area contributed by atoms with Crippen LogP contribution in [0.4, 0.5) is 5.69 Å². The number of benzene rings is 2. The van der Waals surface area contributed by atoms with Crippen molar-refractivity contribution in [2.24, 2.45) is 0 Å². The SMILES string of the molecule is C=CCN(C(=O)C1(C)Cc2ccccc2C(=O)O1)c1ccccc1. The lowest BCUT2D eigenvalue weighted by Crippen LogP contribution is -2.53. The van der Waals surface area contributed by atoms with Crippen LogP contribution in [0.5, 0.6) is 0 Å². The average Bonchev–Trinajstić information content (AvgIpc) is 2.60. The van der Waals surface area contributed by atoms with Gasteiger partial charge in [-0.2, -0.15) is 0 Å². The summed E-state index contributed by atoms with van der Waals surface area (Å²) in [4.78, 5) is 27.1. The highest BCUT2D eigenvalue weighted by Crippen LogP contribution is 2.31. The van der Waals surface area contributed by atoms with Gasteiger partial charge >= 0.3 is 5.97 Å². The van der Waals surface area contributed by atoms with Gasteiger partial charge in [-0.15, -0.1) is 6.58 Å². The molecule has 1 heterocycles. The van der Waals surface area contributed by atoms with E-state index in [0.717, 1.165) is 11.3 Å². The van der Waals surface area contributed by atoms with Crippen molar-refractivity contribution >= 4 is 17.6 Å². The normalized spacial score (nSPS) is 19.1. The molecule has 24 heavy (non-hydrogen) atoms. The largest absolute Gasteiger partial charge is 0.445 e. The van der Waals surface area contributed by atoms with Crippen molar-refractivity contribution in [1.82, 2.24) is 0 Å². The summed E-state index contributed by atoms with van der Waals surface area (Å²) in [5.74, 6) is -0.712. The zero-order chi connectivity index (χ0) is 17.2. The summed E-state index contributed by atoms with van der Waals surface area (Å²) >= 11 is 0. The molecule has 0 radical (unpaired) electrons. The van der Waals surface area contributed by atoms with Crippen molar-refractivity contribution in [3.8, 4) is 0 Å². The number of fused-ring (bicyclic) bond motifs is 1. The Hall–Kier alpha value is -2.88. The molecule has 4 nitrogen and oxygen atoms in total. The standard InChI is InChI=1S/C20H19NO3/c1-3-13-21(16-10-5-4-6-11-16)19(23)20(2)14-15-9-7-8-12-17(15)18(22)24-20/h3-12H,1,13-14H2,2H3. The second-order valence-corrected chi connectivity index (χ2v) is 5.99. The minimum Gasteiger partial charge on any atom is -0.445 e. The predicted molar refractivity (Wildman–Crippen MR) is 93.0 cm³/mol.